The third-order valence-corrected chi connectivity index (χ3v) is 3.91. The first kappa shape index (κ1) is 16.0. The molecule has 0 aliphatic heterocycles. The van der Waals surface area contributed by atoms with Crippen LogP contribution in [-0.2, 0) is 4.74 Å². The molecule has 2 rings (SSSR count). The van der Waals surface area contributed by atoms with Gasteiger partial charge in [-0.3, -0.25) is 0 Å². The molecule has 1 aromatic carbocycles. The number of ether oxygens (including phenoxy) is 3. The predicted molar refractivity (Wildman–Crippen MR) is 75.8 cm³/mol. The standard InChI is InChI=1S/C16H22F2O3/c1-3-20-13-8-9-14(16(18)15(13)17)21-10-11-4-6-12(19-2)7-5-11/h8-9,11-12H,3-7,10H2,1-2H3. The highest BCUT2D eigenvalue weighted by atomic mass is 19.2. The first-order valence-corrected chi connectivity index (χ1v) is 7.42. The highest BCUT2D eigenvalue weighted by molar-refractivity contribution is 5.35. The predicted octanol–water partition coefficient (Wildman–Crippen LogP) is 3.95. The molecule has 21 heavy (non-hydrogen) atoms. The Labute approximate surface area is 124 Å². The first-order valence-electron chi connectivity index (χ1n) is 7.42. The van der Waals surface area contributed by atoms with Crippen LogP contribution in [0.5, 0.6) is 11.5 Å². The smallest absolute Gasteiger partial charge is 0.204 e. The average Bonchev–Trinajstić information content (AvgIpc) is 2.52. The van der Waals surface area contributed by atoms with E-state index in [0.717, 1.165) is 25.7 Å². The second-order valence-corrected chi connectivity index (χ2v) is 5.31. The van der Waals surface area contributed by atoms with Gasteiger partial charge in [-0.1, -0.05) is 0 Å². The Morgan fingerprint density at radius 1 is 1.00 bits per heavy atom. The minimum atomic E-state index is -0.988. The van der Waals surface area contributed by atoms with E-state index < -0.39 is 11.6 Å². The Morgan fingerprint density at radius 2 is 1.57 bits per heavy atom. The average molecular weight is 300 g/mol. The van der Waals surface area contributed by atoms with Crippen molar-refractivity contribution in [2.24, 2.45) is 5.92 Å². The Hall–Kier alpha value is -1.36. The van der Waals surface area contributed by atoms with Crippen LogP contribution in [0.3, 0.4) is 0 Å². The van der Waals surface area contributed by atoms with Crippen LogP contribution in [0.4, 0.5) is 8.78 Å². The summed E-state index contributed by atoms with van der Waals surface area (Å²) >= 11 is 0. The molecular weight excluding hydrogens is 278 g/mol. The molecule has 0 N–H and O–H groups in total. The maximum atomic E-state index is 13.9. The number of halogens is 2. The molecule has 118 valence electrons. The first-order chi connectivity index (χ1) is 10.2. The summed E-state index contributed by atoms with van der Waals surface area (Å²) in [4.78, 5) is 0. The fourth-order valence-electron chi connectivity index (χ4n) is 2.63. The van der Waals surface area contributed by atoms with E-state index in [0.29, 0.717) is 25.2 Å². The lowest BCUT2D eigenvalue weighted by atomic mass is 9.88. The summed E-state index contributed by atoms with van der Waals surface area (Å²) in [5, 5.41) is 0. The van der Waals surface area contributed by atoms with Gasteiger partial charge in [-0.15, -0.1) is 0 Å². The van der Waals surface area contributed by atoms with Crippen LogP contribution in [0.2, 0.25) is 0 Å². The summed E-state index contributed by atoms with van der Waals surface area (Å²) in [6, 6.07) is 2.82. The zero-order valence-electron chi connectivity index (χ0n) is 12.5. The second kappa shape index (κ2) is 7.59. The normalized spacial score (nSPS) is 22.1. The lowest BCUT2D eigenvalue weighted by Gasteiger charge is -2.27. The van der Waals surface area contributed by atoms with Crippen molar-refractivity contribution in [3.63, 3.8) is 0 Å². The number of rotatable bonds is 6. The molecule has 1 saturated carbocycles. The number of benzene rings is 1. The van der Waals surface area contributed by atoms with Crippen LogP contribution < -0.4 is 9.47 Å². The number of methoxy groups -OCH3 is 1. The molecule has 1 aliphatic rings. The van der Waals surface area contributed by atoms with Gasteiger partial charge in [0.05, 0.1) is 19.3 Å². The molecule has 1 aromatic rings. The summed E-state index contributed by atoms with van der Waals surface area (Å²) in [6.07, 6.45) is 4.27. The molecular formula is C16H22F2O3. The maximum absolute atomic E-state index is 13.9. The molecule has 0 unspecified atom stereocenters. The van der Waals surface area contributed by atoms with Crippen molar-refractivity contribution in [1.29, 1.82) is 0 Å². The van der Waals surface area contributed by atoms with Crippen molar-refractivity contribution in [3.8, 4) is 11.5 Å². The topological polar surface area (TPSA) is 27.7 Å². The number of hydrogen-bond donors (Lipinski definition) is 0. The molecule has 0 bridgehead atoms. The molecule has 0 radical (unpaired) electrons. The Bertz CT molecular complexity index is 457. The van der Waals surface area contributed by atoms with Crippen LogP contribution in [0.15, 0.2) is 12.1 Å². The van der Waals surface area contributed by atoms with E-state index in [2.05, 4.69) is 0 Å². The van der Waals surface area contributed by atoms with Crippen molar-refractivity contribution in [2.75, 3.05) is 20.3 Å². The van der Waals surface area contributed by atoms with Gasteiger partial charge in [-0.25, -0.2) is 0 Å². The van der Waals surface area contributed by atoms with Crippen molar-refractivity contribution >= 4 is 0 Å². The third-order valence-electron chi connectivity index (χ3n) is 3.91. The van der Waals surface area contributed by atoms with Crippen LogP contribution in [-0.4, -0.2) is 26.4 Å². The molecule has 1 aliphatic carbocycles. The zero-order valence-corrected chi connectivity index (χ0v) is 12.5. The Morgan fingerprint density at radius 3 is 2.10 bits per heavy atom. The van der Waals surface area contributed by atoms with Crippen molar-refractivity contribution in [1.82, 2.24) is 0 Å². The monoisotopic (exact) mass is 300 g/mol. The van der Waals surface area contributed by atoms with Gasteiger partial charge in [0.25, 0.3) is 0 Å². The molecule has 1 fully saturated rings. The van der Waals surface area contributed by atoms with Crippen LogP contribution in [0.25, 0.3) is 0 Å². The SMILES string of the molecule is CCOc1ccc(OCC2CCC(OC)CC2)c(F)c1F. The maximum Gasteiger partial charge on any atom is 0.204 e. The van der Waals surface area contributed by atoms with E-state index in [1.165, 1.54) is 12.1 Å². The highest BCUT2D eigenvalue weighted by Gasteiger charge is 2.22. The second-order valence-electron chi connectivity index (χ2n) is 5.31. The van der Waals surface area contributed by atoms with Gasteiger partial charge in [0.15, 0.2) is 11.5 Å². The lowest BCUT2D eigenvalue weighted by Crippen LogP contribution is -2.24. The van der Waals surface area contributed by atoms with E-state index in [4.69, 9.17) is 14.2 Å². The molecule has 3 nitrogen and oxygen atoms in total. The minimum Gasteiger partial charge on any atom is -0.491 e. The van der Waals surface area contributed by atoms with Gasteiger partial charge in [-0.2, -0.15) is 8.78 Å². The molecule has 0 spiro atoms. The van der Waals surface area contributed by atoms with Crippen LogP contribution in [0.1, 0.15) is 32.6 Å². The van der Waals surface area contributed by atoms with Gasteiger partial charge in [0, 0.05) is 7.11 Å². The zero-order chi connectivity index (χ0) is 15.2. The van der Waals surface area contributed by atoms with E-state index in [9.17, 15) is 8.78 Å². The summed E-state index contributed by atoms with van der Waals surface area (Å²) in [5.41, 5.74) is 0. The summed E-state index contributed by atoms with van der Waals surface area (Å²) in [6.45, 7) is 2.41. The van der Waals surface area contributed by atoms with Gasteiger partial charge >= 0.3 is 0 Å². The molecule has 0 atom stereocenters. The van der Waals surface area contributed by atoms with Gasteiger partial charge in [0.2, 0.25) is 11.6 Å². The molecule has 5 heteroatoms. The van der Waals surface area contributed by atoms with E-state index in [1.54, 1.807) is 14.0 Å². The van der Waals surface area contributed by atoms with Crippen molar-refractivity contribution in [3.05, 3.63) is 23.8 Å². The fourth-order valence-corrected chi connectivity index (χ4v) is 2.63. The summed E-state index contributed by atoms with van der Waals surface area (Å²) in [7, 11) is 1.72. The van der Waals surface area contributed by atoms with Crippen LogP contribution in [0, 0.1) is 17.6 Å². The van der Waals surface area contributed by atoms with E-state index >= 15 is 0 Å². The van der Waals surface area contributed by atoms with E-state index in [-0.39, 0.29) is 11.5 Å². The van der Waals surface area contributed by atoms with Gasteiger partial charge < -0.3 is 14.2 Å². The number of hydrogen-bond acceptors (Lipinski definition) is 3. The van der Waals surface area contributed by atoms with Gasteiger partial charge in [-0.05, 0) is 50.7 Å². The Balaban J connectivity index is 1.90. The quantitative estimate of drug-likeness (QED) is 0.796. The Kier molecular flexibility index (Phi) is 5.79. The molecule has 0 saturated heterocycles. The van der Waals surface area contributed by atoms with Crippen LogP contribution >= 0.6 is 0 Å². The largest absolute Gasteiger partial charge is 0.491 e. The van der Waals surface area contributed by atoms with Crippen molar-refractivity contribution < 1.29 is 23.0 Å². The van der Waals surface area contributed by atoms with E-state index in [1.807, 2.05) is 0 Å². The summed E-state index contributed by atoms with van der Waals surface area (Å²) < 4.78 is 43.3. The highest BCUT2D eigenvalue weighted by Crippen LogP contribution is 2.30. The third kappa shape index (κ3) is 4.06. The molecule has 0 amide bonds. The lowest BCUT2D eigenvalue weighted by molar-refractivity contribution is 0.0477. The van der Waals surface area contributed by atoms with Gasteiger partial charge in [0.1, 0.15) is 0 Å². The molecule has 0 aromatic heterocycles. The molecule has 0 heterocycles. The fraction of sp³-hybridized carbons (Fsp3) is 0.625. The summed E-state index contributed by atoms with van der Waals surface area (Å²) in [5.74, 6) is -1.73. The minimum absolute atomic E-state index is 0.0511. The van der Waals surface area contributed by atoms with Crippen molar-refractivity contribution in [2.45, 2.75) is 38.7 Å².